The van der Waals surface area contributed by atoms with Crippen molar-refractivity contribution < 1.29 is 19.5 Å². The molecule has 1 saturated heterocycles. The van der Waals surface area contributed by atoms with E-state index in [0.717, 1.165) is 19.3 Å². The van der Waals surface area contributed by atoms with Gasteiger partial charge in [-0.2, -0.15) is 0 Å². The summed E-state index contributed by atoms with van der Waals surface area (Å²) >= 11 is 0. The summed E-state index contributed by atoms with van der Waals surface area (Å²) < 4.78 is 0. The van der Waals surface area contributed by atoms with Crippen LogP contribution >= 0.6 is 0 Å². The first-order valence-electron chi connectivity index (χ1n) is 6.61. The van der Waals surface area contributed by atoms with Crippen LogP contribution in [0.1, 0.15) is 46.5 Å². The summed E-state index contributed by atoms with van der Waals surface area (Å²) in [6.45, 7) is 5.58. The second-order valence-corrected chi connectivity index (χ2v) is 5.62. The molecule has 0 aliphatic carbocycles. The number of rotatable bonds is 4. The van der Waals surface area contributed by atoms with Gasteiger partial charge in [-0.15, -0.1) is 0 Å². The summed E-state index contributed by atoms with van der Waals surface area (Å²) in [6, 6.07) is -0.226. The summed E-state index contributed by atoms with van der Waals surface area (Å²) in [5, 5.41) is 11.2. The molecule has 1 rings (SSSR count). The number of nitrogens with one attached hydrogen (secondary N) is 1. The Morgan fingerprint density at radius 3 is 2.53 bits per heavy atom. The monoisotopic (exact) mass is 270 g/mol. The molecule has 1 unspecified atom stereocenters. The Balaban J connectivity index is 2.53. The fourth-order valence-electron chi connectivity index (χ4n) is 2.24. The van der Waals surface area contributed by atoms with Gasteiger partial charge in [0, 0.05) is 19.0 Å². The van der Waals surface area contributed by atoms with Gasteiger partial charge in [-0.1, -0.05) is 6.92 Å². The van der Waals surface area contributed by atoms with Crippen molar-refractivity contribution in [2.45, 2.75) is 52.5 Å². The zero-order chi connectivity index (χ0) is 14.6. The lowest BCUT2D eigenvalue weighted by atomic mass is 9.89. The van der Waals surface area contributed by atoms with Crippen molar-refractivity contribution in [2.75, 3.05) is 6.54 Å². The van der Waals surface area contributed by atoms with Crippen LogP contribution in [-0.4, -0.2) is 40.5 Å². The van der Waals surface area contributed by atoms with Crippen LogP contribution in [0, 0.1) is 5.41 Å². The molecule has 1 aliphatic rings. The summed E-state index contributed by atoms with van der Waals surface area (Å²) in [4.78, 5) is 36.2. The van der Waals surface area contributed by atoms with E-state index in [2.05, 4.69) is 5.32 Å². The number of carbonyl (C=O) groups excluding carboxylic acids is 2. The van der Waals surface area contributed by atoms with E-state index in [9.17, 15) is 14.4 Å². The number of carboxylic acids is 1. The molecular formula is C13H22N2O4. The molecule has 6 nitrogen and oxygen atoms in total. The Bertz CT molecular complexity index is 379. The summed E-state index contributed by atoms with van der Waals surface area (Å²) in [6.07, 6.45) is 2.56. The minimum Gasteiger partial charge on any atom is -0.481 e. The van der Waals surface area contributed by atoms with Gasteiger partial charge in [0.2, 0.25) is 5.91 Å². The summed E-state index contributed by atoms with van der Waals surface area (Å²) in [5.41, 5.74) is -1.17. The number of hydrogen-bond donors (Lipinski definition) is 2. The van der Waals surface area contributed by atoms with Gasteiger partial charge in [-0.3, -0.25) is 14.9 Å². The van der Waals surface area contributed by atoms with Crippen LogP contribution in [0.4, 0.5) is 4.79 Å². The van der Waals surface area contributed by atoms with E-state index in [-0.39, 0.29) is 12.5 Å². The quantitative estimate of drug-likeness (QED) is 0.812. The van der Waals surface area contributed by atoms with E-state index in [1.807, 2.05) is 6.92 Å². The van der Waals surface area contributed by atoms with Crippen LogP contribution < -0.4 is 5.32 Å². The molecule has 0 radical (unpaired) electrons. The fraction of sp³-hybridized carbons (Fsp3) is 0.769. The topological polar surface area (TPSA) is 86.7 Å². The molecule has 1 fully saturated rings. The lowest BCUT2D eigenvalue weighted by molar-refractivity contribution is -0.149. The number of urea groups is 1. The van der Waals surface area contributed by atoms with Crippen LogP contribution in [0.25, 0.3) is 0 Å². The van der Waals surface area contributed by atoms with Crippen molar-refractivity contribution in [3.63, 3.8) is 0 Å². The second kappa shape index (κ2) is 6.04. The van der Waals surface area contributed by atoms with Crippen molar-refractivity contribution >= 4 is 17.9 Å². The average molecular weight is 270 g/mol. The highest BCUT2D eigenvalue weighted by atomic mass is 16.4. The van der Waals surface area contributed by atoms with Gasteiger partial charge in [0.1, 0.15) is 0 Å². The lowest BCUT2D eigenvalue weighted by Gasteiger charge is -2.24. The molecular weight excluding hydrogens is 248 g/mol. The molecule has 1 aliphatic heterocycles. The van der Waals surface area contributed by atoms with Crippen LogP contribution in [-0.2, 0) is 9.59 Å². The zero-order valence-corrected chi connectivity index (χ0v) is 11.7. The van der Waals surface area contributed by atoms with Crippen LogP contribution in [0.2, 0.25) is 0 Å². The van der Waals surface area contributed by atoms with Crippen LogP contribution in [0.15, 0.2) is 0 Å². The Kier molecular flexibility index (Phi) is 4.91. The highest BCUT2D eigenvalue weighted by Crippen LogP contribution is 2.21. The third-order valence-corrected chi connectivity index (χ3v) is 3.54. The molecule has 0 aromatic carbocycles. The molecule has 19 heavy (non-hydrogen) atoms. The molecule has 0 spiro atoms. The van der Waals surface area contributed by atoms with Gasteiger partial charge in [0.15, 0.2) is 0 Å². The molecule has 0 saturated carbocycles. The van der Waals surface area contributed by atoms with E-state index in [1.165, 1.54) is 13.8 Å². The zero-order valence-electron chi connectivity index (χ0n) is 11.7. The maximum absolute atomic E-state index is 11.9. The predicted molar refractivity (Wildman–Crippen MR) is 69.6 cm³/mol. The standard InChI is InChI=1S/C13H22N2O4/c1-4-9-6-5-7-15(9)12(19)14-10(16)8-13(2,3)11(17)18/h9H,4-8H2,1-3H3,(H,17,18)(H,14,16,19). The highest BCUT2D eigenvalue weighted by Gasteiger charge is 2.33. The number of amides is 3. The first-order chi connectivity index (χ1) is 8.77. The average Bonchev–Trinajstić information content (AvgIpc) is 2.75. The SMILES string of the molecule is CCC1CCCN1C(=O)NC(=O)CC(C)(C)C(=O)O. The van der Waals surface area contributed by atoms with Gasteiger partial charge in [-0.05, 0) is 33.1 Å². The van der Waals surface area contributed by atoms with Gasteiger partial charge < -0.3 is 10.0 Å². The molecule has 0 aromatic heterocycles. The smallest absolute Gasteiger partial charge is 0.324 e. The maximum Gasteiger partial charge on any atom is 0.324 e. The van der Waals surface area contributed by atoms with Crippen molar-refractivity contribution in [2.24, 2.45) is 5.41 Å². The van der Waals surface area contributed by atoms with E-state index in [4.69, 9.17) is 5.11 Å². The highest BCUT2D eigenvalue weighted by molar-refractivity contribution is 5.96. The third-order valence-electron chi connectivity index (χ3n) is 3.54. The molecule has 108 valence electrons. The Hall–Kier alpha value is -1.59. The van der Waals surface area contributed by atoms with Gasteiger partial charge >= 0.3 is 12.0 Å². The van der Waals surface area contributed by atoms with Crippen molar-refractivity contribution in [3.8, 4) is 0 Å². The van der Waals surface area contributed by atoms with Gasteiger partial charge in [0.25, 0.3) is 0 Å². The molecule has 0 aromatic rings. The predicted octanol–water partition coefficient (Wildman–Crippen LogP) is 1.60. The maximum atomic E-state index is 11.9. The van der Waals surface area contributed by atoms with E-state index in [1.54, 1.807) is 4.90 Å². The van der Waals surface area contributed by atoms with Crippen molar-refractivity contribution in [1.82, 2.24) is 10.2 Å². The van der Waals surface area contributed by atoms with E-state index in [0.29, 0.717) is 6.54 Å². The Morgan fingerprint density at radius 1 is 1.37 bits per heavy atom. The molecule has 6 heteroatoms. The minimum atomic E-state index is -1.17. The molecule has 0 bridgehead atoms. The normalized spacial score (nSPS) is 19.3. The fourth-order valence-corrected chi connectivity index (χ4v) is 2.24. The first kappa shape index (κ1) is 15.5. The number of carboxylic acid groups (broad SMARTS) is 1. The first-order valence-corrected chi connectivity index (χ1v) is 6.61. The van der Waals surface area contributed by atoms with E-state index < -0.39 is 23.3 Å². The summed E-state index contributed by atoms with van der Waals surface area (Å²) in [5.74, 6) is -1.60. The van der Waals surface area contributed by atoms with Gasteiger partial charge in [-0.25, -0.2) is 4.79 Å². The number of likely N-dealkylation sites (tertiary alicyclic amines) is 1. The molecule has 1 heterocycles. The number of imide groups is 1. The Labute approximate surface area is 113 Å². The minimum absolute atomic E-state index is 0.181. The van der Waals surface area contributed by atoms with Crippen molar-refractivity contribution in [3.05, 3.63) is 0 Å². The number of aliphatic carboxylic acids is 1. The third kappa shape index (κ3) is 3.94. The number of hydrogen-bond acceptors (Lipinski definition) is 3. The largest absolute Gasteiger partial charge is 0.481 e. The van der Waals surface area contributed by atoms with Gasteiger partial charge in [0.05, 0.1) is 5.41 Å². The second-order valence-electron chi connectivity index (χ2n) is 5.62. The molecule has 2 N–H and O–H groups in total. The van der Waals surface area contributed by atoms with Crippen molar-refractivity contribution in [1.29, 1.82) is 0 Å². The van der Waals surface area contributed by atoms with Crippen LogP contribution in [0.5, 0.6) is 0 Å². The lowest BCUT2D eigenvalue weighted by Crippen LogP contribution is -2.46. The van der Waals surface area contributed by atoms with E-state index >= 15 is 0 Å². The van der Waals surface area contributed by atoms with Crippen LogP contribution in [0.3, 0.4) is 0 Å². The number of carbonyl (C=O) groups is 3. The summed E-state index contributed by atoms with van der Waals surface area (Å²) in [7, 11) is 0. The molecule has 1 atom stereocenters. The molecule has 3 amide bonds. The Morgan fingerprint density at radius 2 is 2.00 bits per heavy atom. The number of nitrogens with zero attached hydrogens (tertiary/aromatic N) is 1.